The fraction of sp³-hybridized carbons (Fsp3) is 1.00. The van der Waals surface area contributed by atoms with Crippen molar-refractivity contribution in [3.63, 3.8) is 0 Å². The Balaban J connectivity index is 2.72. The minimum absolute atomic E-state index is 0.0696. The molecule has 0 bridgehead atoms. The normalized spacial score (nSPS) is 23.1. The van der Waals surface area contributed by atoms with Crippen LogP contribution in [0.3, 0.4) is 0 Å². The van der Waals surface area contributed by atoms with E-state index >= 15 is 0 Å². The molecule has 0 N–H and O–H groups in total. The molecule has 0 saturated carbocycles. The third-order valence-corrected chi connectivity index (χ3v) is 4.85. The van der Waals surface area contributed by atoms with Crippen molar-refractivity contribution < 1.29 is 13.8 Å². The van der Waals surface area contributed by atoms with E-state index in [-0.39, 0.29) is 18.3 Å². The van der Waals surface area contributed by atoms with Crippen LogP contribution in [-0.2, 0) is 9.31 Å². The van der Waals surface area contributed by atoms with E-state index in [0.717, 1.165) is 30.6 Å². The van der Waals surface area contributed by atoms with Crippen molar-refractivity contribution in [2.75, 3.05) is 26.1 Å². The van der Waals surface area contributed by atoms with E-state index in [1.807, 2.05) is 0 Å². The Hall–Kier alpha value is -0.0551. The van der Waals surface area contributed by atoms with E-state index < -0.39 is 0 Å². The Morgan fingerprint density at radius 2 is 1.18 bits per heavy atom. The summed E-state index contributed by atoms with van der Waals surface area (Å²) in [5, 5.41) is 0. The van der Waals surface area contributed by atoms with Gasteiger partial charge in [0.05, 0.1) is 30.8 Å². The molecule has 1 aliphatic heterocycles. The van der Waals surface area contributed by atoms with Crippen molar-refractivity contribution in [1.82, 2.24) is 0 Å². The maximum absolute atomic E-state index is 6.09. The summed E-state index contributed by atoms with van der Waals surface area (Å²) >= 11 is 0. The zero-order valence-electron chi connectivity index (χ0n) is 12.7. The van der Waals surface area contributed by atoms with Gasteiger partial charge < -0.3 is 13.8 Å². The first-order valence-electron chi connectivity index (χ1n) is 6.92. The fourth-order valence-electron chi connectivity index (χ4n) is 2.41. The molecule has 1 saturated heterocycles. The highest BCUT2D eigenvalue weighted by atomic mass is 16.7. The second kappa shape index (κ2) is 4.91. The summed E-state index contributed by atoms with van der Waals surface area (Å²) in [4.78, 5) is 0. The predicted octanol–water partition coefficient (Wildman–Crippen LogP) is 2.49. The monoisotopic (exact) mass is 242 g/mol. The van der Waals surface area contributed by atoms with Crippen molar-refractivity contribution in [2.24, 2.45) is 0 Å². The van der Waals surface area contributed by atoms with Crippen molar-refractivity contribution in [1.29, 1.82) is 0 Å². The van der Waals surface area contributed by atoms with Crippen LogP contribution in [0.5, 0.6) is 0 Å². The first-order chi connectivity index (χ1) is 7.72. The van der Waals surface area contributed by atoms with Crippen LogP contribution in [0.4, 0.5) is 0 Å². The molecule has 0 aromatic carbocycles. The number of rotatable bonds is 5. The van der Waals surface area contributed by atoms with Crippen LogP contribution in [0.15, 0.2) is 0 Å². The summed E-state index contributed by atoms with van der Waals surface area (Å²) in [6.07, 6.45) is 0.955. The van der Waals surface area contributed by atoms with Gasteiger partial charge in [-0.1, -0.05) is 0 Å². The molecule has 1 aliphatic rings. The van der Waals surface area contributed by atoms with Gasteiger partial charge in [-0.3, -0.25) is 0 Å². The van der Waals surface area contributed by atoms with Gasteiger partial charge in [0.2, 0.25) is 0 Å². The highest BCUT2D eigenvalue weighted by molar-refractivity contribution is 6.45. The lowest BCUT2D eigenvalue weighted by molar-refractivity contribution is -0.914. The van der Waals surface area contributed by atoms with Crippen LogP contribution in [0.1, 0.15) is 48.5 Å². The first kappa shape index (κ1) is 15.0. The second-order valence-corrected chi connectivity index (χ2v) is 6.16. The topological polar surface area (TPSA) is 18.5 Å². The molecule has 0 aromatic rings. The Kier molecular flexibility index (Phi) is 4.33. The molecule has 0 radical (unpaired) electrons. The van der Waals surface area contributed by atoms with Gasteiger partial charge in [-0.2, -0.15) is 0 Å². The van der Waals surface area contributed by atoms with Gasteiger partial charge in [-0.05, 0) is 48.5 Å². The van der Waals surface area contributed by atoms with Crippen LogP contribution in [-0.4, -0.2) is 48.9 Å². The van der Waals surface area contributed by atoms with Crippen molar-refractivity contribution >= 4 is 7.12 Å². The van der Waals surface area contributed by atoms with Crippen LogP contribution in [0.2, 0.25) is 0 Å². The lowest BCUT2D eigenvalue weighted by Gasteiger charge is -2.36. The Labute approximate surface area is 107 Å². The molecule has 0 aromatic heterocycles. The van der Waals surface area contributed by atoms with Gasteiger partial charge >= 0.3 is 7.12 Å². The molecule has 0 amide bonds. The van der Waals surface area contributed by atoms with Crippen LogP contribution in [0.25, 0.3) is 0 Å². The molecule has 17 heavy (non-hydrogen) atoms. The number of hydrogen-bond donors (Lipinski definition) is 0. The van der Waals surface area contributed by atoms with Crippen molar-refractivity contribution in [3.05, 3.63) is 0 Å². The second-order valence-electron chi connectivity index (χ2n) is 6.16. The summed E-state index contributed by atoms with van der Waals surface area (Å²) in [6, 6.07) is 0. The molecular weight excluding hydrogens is 213 g/mol. The predicted molar refractivity (Wildman–Crippen MR) is 72.8 cm³/mol. The lowest BCUT2D eigenvalue weighted by atomic mass is 9.87. The molecule has 100 valence electrons. The maximum atomic E-state index is 6.09. The summed E-state index contributed by atoms with van der Waals surface area (Å²) in [6.45, 7) is 18.6. The molecule has 3 nitrogen and oxygen atoms in total. The zero-order valence-corrected chi connectivity index (χ0v) is 12.7. The van der Waals surface area contributed by atoms with E-state index in [1.165, 1.54) is 0 Å². The SMILES string of the molecule is CC[N+](CC)(CC)CB1OC(C)(C)C(C)(C)O1. The van der Waals surface area contributed by atoms with E-state index in [9.17, 15) is 0 Å². The fourth-order valence-corrected chi connectivity index (χ4v) is 2.41. The standard InChI is InChI=1S/C13H29BNO2/c1-8-15(9-2,10-3)11-14-16-12(4,5)13(6,7)17-14/h8-11H2,1-7H3/q+1. The van der Waals surface area contributed by atoms with Gasteiger partial charge in [0.1, 0.15) is 6.44 Å². The van der Waals surface area contributed by atoms with E-state index in [1.54, 1.807) is 0 Å². The molecule has 0 spiro atoms. The molecule has 1 rings (SSSR count). The summed E-state index contributed by atoms with van der Waals surface area (Å²) in [5.41, 5.74) is -0.412. The Bertz CT molecular complexity index is 238. The molecular formula is C13H29BNO2+. The van der Waals surface area contributed by atoms with Gasteiger partial charge in [0.25, 0.3) is 0 Å². The van der Waals surface area contributed by atoms with E-state index in [0.29, 0.717) is 0 Å². The number of hydrogen-bond acceptors (Lipinski definition) is 2. The first-order valence-corrected chi connectivity index (χ1v) is 6.92. The molecule has 1 fully saturated rings. The van der Waals surface area contributed by atoms with Gasteiger partial charge in [-0.15, -0.1) is 0 Å². The largest absolute Gasteiger partial charge is 0.517 e. The lowest BCUT2D eigenvalue weighted by Crippen LogP contribution is -2.54. The Morgan fingerprint density at radius 3 is 1.47 bits per heavy atom. The summed E-state index contributed by atoms with van der Waals surface area (Å²) in [7, 11) is -0.0696. The number of nitrogens with zero attached hydrogens (tertiary/aromatic N) is 1. The minimum Gasteiger partial charge on any atom is -0.400 e. The summed E-state index contributed by atoms with van der Waals surface area (Å²) < 4.78 is 13.2. The van der Waals surface area contributed by atoms with Crippen molar-refractivity contribution in [3.8, 4) is 0 Å². The van der Waals surface area contributed by atoms with Gasteiger partial charge in [0.15, 0.2) is 0 Å². The quantitative estimate of drug-likeness (QED) is 0.544. The van der Waals surface area contributed by atoms with Crippen LogP contribution in [0, 0.1) is 0 Å². The molecule has 0 aliphatic carbocycles. The number of quaternary nitrogens is 1. The molecule has 0 atom stereocenters. The highest BCUT2D eigenvalue weighted by Crippen LogP contribution is 2.37. The smallest absolute Gasteiger partial charge is 0.400 e. The molecule has 4 heteroatoms. The van der Waals surface area contributed by atoms with Crippen LogP contribution >= 0.6 is 0 Å². The van der Waals surface area contributed by atoms with Gasteiger partial charge in [-0.25, -0.2) is 0 Å². The third-order valence-electron chi connectivity index (χ3n) is 4.85. The Morgan fingerprint density at radius 1 is 0.824 bits per heavy atom. The van der Waals surface area contributed by atoms with Crippen molar-refractivity contribution in [2.45, 2.75) is 59.7 Å². The average Bonchev–Trinajstić information content (AvgIpc) is 2.44. The average molecular weight is 242 g/mol. The van der Waals surface area contributed by atoms with Gasteiger partial charge in [0, 0.05) is 0 Å². The minimum atomic E-state index is -0.206. The highest BCUT2D eigenvalue weighted by Gasteiger charge is 2.53. The zero-order chi connectivity index (χ0) is 13.3. The van der Waals surface area contributed by atoms with E-state index in [4.69, 9.17) is 9.31 Å². The molecule has 0 unspecified atom stereocenters. The third kappa shape index (κ3) is 2.86. The molecule has 1 heterocycles. The van der Waals surface area contributed by atoms with E-state index in [2.05, 4.69) is 48.5 Å². The maximum Gasteiger partial charge on any atom is 0.517 e. The van der Waals surface area contributed by atoms with Crippen LogP contribution < -0.4 is 0 Å². The summed E-state index contributed by atoms with van der Waals surface area (Å²) in [5.74, 6) is 0.